The maximum Gasteiger partial charge on any atom is 0.547 e. The molecule has 1 amide bonds. The molecular weight excluding hydrogens is 429 g/mol. The molecule has 9 nitrogen and oxygen atoms in total. The number of amides is 1. The standard InChI is InChI=1S/C23H26BNO8/c1-23(2,3)22(28)32-13-31-21(27)17-7-5-6-15-12-18(24(29)33-19(15)17)25-20(26)14-8-10-16(30-4)11-9-14/h5-11,18,29H,12-13H2,1-4H3,(H,25,26)/t18-/m0/s1. The molecule has 174 valence electrons. The molecular formula is C23H26BNO8. The van der Waals surface area contributed by atoms with Gasteiger partial charge in [-0.05, 0) is 63.1 Å². The Morgan fingerprint density at radius 1 is 1.12 bits per heavy atom. The highest BCUT2D eigenvalue weighted by atomic mass is 16.7. The van der Waals surface area contributed by atoms with Crippen molar-refractivity contribution in [2.24, 2.45) is 5.41 Å². The van der Waals surface area contributed by atoms with Crippen LogP contribution in [-0.2, 0) is 20.7 Å². The fraction of sp³-hybridized carbons (Fsp3) is 0.348. The Morgan fingerprint density at radius 3 is 2.45 bits per heavy atom. The molecule has 3 rings (SSSR count). The fourth-order valence-corrected chi connectivity index (χ4v) is 3.13. The van der Waals surface area contributed by atoms with Crippen LogP contribution in [-0.4, -0.2) is 49.8 Å². The van der Waals surface area contributed by atoms with Crippen molar-refractivity contribution in [2.45, 2.75) is 33.1 Å². The Balaban J connectivity index is 1.66. The molecule has 0 aliphatic carbocycles. The van der Waals surface area contributed by atoms with E-state index in [4.69, 9.17) is 18.9 Å². The van der Waals surface area contributed by atoms with E-state index in [1.54, 1.807) is 57.2 Å². The van der Waals surface area contributed by atoms with Gasteiger partial charge in [0.25, 0.3) is 5.91 Å². The summed E-state index contributed by atoms with van der Waals surface area (Å²) in [4.78, 5) is 36.9. The Bertz CT molecular complexity index is 1030. The van der Waals surface area contributed by atoms with Gasteiger partial charge < -0.3 is 29.2 Å². The lowest BCUT2D eigenvalue weighted by Crippen LogP contribution is -2.53. The molecule has 2 aromatic carbocycles. The first-order chi connectivity index (χ1) is 15.6. The normalized spacial score (nSPS) is 15.1. The van der Waals surface area contributed by atoms with E-state index >= 15 is 0 Å². The molecule has 0 saturated carbocycles. The molecule has 0 radical (unpaired) electrons. The van der Waals surface area contributed by atoms with Crippen LogP contribution in [0.3, 0.4) is 0 Å². The molecule has 0 fully saturated rings. The number of fused-ring (bicyclic) bond motifs is 1. The molecule has 2 aromatic rings. The first-order valence-electron chi connectivity index (χ1n) is 10.4. The summed E-state index contributed by atoms with van der Waals surface area (Å²) in [6.45, 7) is 4.51. The molecule has 0 unspecified atom stereocenters. The predicted octanol–water partition coefficient (Wildman–Crippen LogP) is 2.15. The average Bonchev–Trinajstić information content (AvgIpc) is 2.78. The van der Waals surface area contributed by atoms with Crippen LogP contribution in [0.25, 0.3) is 0 Å². The van der Waals surface area contributed by atoms with Gasteiger partial charge in [0.05, 0.1) is 18.5 Å². The molecule has 0 bridgehead atoms. The minimum absolute atomic E-state index is 0.0817. The number of ether oxygens (including phenoxy) is 3. The number of hydrogen-bond acceptors (Lipinski definition) is 8. The van der Waals surface area contributed by atoms with E-state index in [1.807, 2.05) is 0 Å². The third-order valence-corrected chi connectivity index (χ3v) is 5.00. The van der Waals surface area contributed by atoms with E-state index in [9.17, 15) is 19.4 Å². The Morgan fingerprint density at radius 2 is 1.82 bits per heavy atom. The van der Waals surface area contributed by atoms with Crippen LogP contribution in [0.2, 0.25) is 0 Å². The van der Waals surface area contributed by atoms with Crippen LogP contribution >= 0.6 is 0 Å². The number of carbonyl (C=O) groups is 3. The van der Waals surface area contributed by atoms with Crippen LogP contribution in [0.1, 0.15) is 47.1 Å². The highest BCUT2D eigenvalue weighted by Crippen LogP contribution is 2.31. The van der Waals surface area contributed by atoms with Crippen molar-refractivity contribution in [1.82, 2.24) is 5.32 Å². The first kappa shape index (κ1) is 24.1. The smallest absolute Gasteiger partial charge is 0.534 e. The zero-order valence-electron chi connectivity index (χ0n) is 18.9. The third kappa shape index (κ3) is 5.84. The van der Waals surface area contributed by atoms with Gasteiger partial charge in [-0.25, -0.2) is 4.79 Å². The Hall–Kier alpha value is -3.53. The van der Waals surface area contributed by atoms with Gasteiger partial charge in [-0.15, -0.1) is 0 Å². The van der Waals surface area contributed by atoms with Crippen LogP contribution < -0.4 is 14.7 Å². The SMILES string of the molecule is COc1ccc(C(=O)N[C@H]2Cc3cccc(C(=O)OCOC(=O)C(C)(C)C)c3OB2O)cc1. The molecule has 2 N–H and O–H groups in total. The summed E-state index contributed by atoms with van der Waals surface area (Å²) < 4.78 is 20.6. The number of methoxy groups -OCH3 is 1. The molecule has 1 aliphatic rings. The maximum atomic E-state index is 12.6. The van der Waals surface area contributed by atoms with E-state index in [-0.39, 0.29) is 23.6 Å². The topological polar surface area (TPSA) is 120 Å². The first-order valence-corrected chi connectivity index (χ1v) is 10.4. The zero-order valence-corrected chi connectivity index (χ0v) is 18.9. The lowest BCUT2D eigenvalue weighted by atomic mass is 9.72. The van der Waals surface area contributed by atoms with Gasteiger partial charge in [-0.2, -0.15) is 0 Å². The van der Waals surface area contributed by atoms with Crippen molar-refractivity contribution in [1.29, 1.82) is 0 Å². The minimum Gasteiger partial charge on any atom is -0.534 e. The summed E-state index contributed by atoms with van der Waals surface area (Å²) in [6.07, 6.45) is 0.235. The van der Waals surface area contributed by atoms with Crippen molar-refractivity contribution in [3.63, 3.8) is 0 Å². The lowest BCUT2D eigenvalue weighted by Gasteiger charge is -2.29. The highest BCUT2D eigenvalue weighted by Gasteiger charge is 2.38. The van der Waals surface area contributed by atoms with Gasteiger partial charge in [0.15, 0.2) is 0 Å². The Labute approximate surface area is 192 Å². The molecule has 0 spiro atoms. The third-order valence-electron chi connectivity index (χ3n) is 5.00. The van der Waals surface area contributed by atoms with Crippen LogP contribution in [0, 0.1) is 5.41 Å². The van der Waals surface area contributed by atoms with Crippen LogP contribution in [0.15, 0.2) is 42.5 Å². The molecule has 1 atom stereocenters. The fourth-order valence-electron chi connectivity index (χ4n) is 3.13. The van der Waals surface area contributed by atoms with E-state index < -0.39 is 37.2 Å². The number of esters is 2. The van der Waals surface area contributed by atoms with Crippen molar-refractivity contribution < 1.29 is 38.3 Å². The van der Waals surface area contributed by atoms with Crippen molar-refractivity contribution >= 4 is 25.0 Å². The molecule has 0 saturated heterocycles. The molecule has 1 aliphatic heterocycles. The highest BCUT2D eigenvalue weighted by molar-refractivity contribution is 6.47. The van der Waals surface area contributed by atoms with Gasteiger partial charge >= 0.3 is 19.1 Å². The molecule has 1 heterocycles. The van der Waals surface area contributed by atoms with E-state index in [0.29, 0.717) is 16.9 Å². The Kier molecular flexibility index (Phi) is 7.28. The molecule has 0 aromatic heterocycles. The lowest BCUT2D eigenvalue weighted by molar-refractivity contribution is -0.161. The number of benzene rings is 2. The maximum absolute atomic E-state index is 12.6. The summed E-state index contributed by atoms with van der Waals surface area (Å²) in [7, 11) is 0.150. The zero-order chi connectivity index (χ0) is 24.2. The largest absolute Gasteiger partial charge is 0.547 e. The molecule has 10 heteroatoms. The van der Waals surface area contributed by atoms with Crippen molar-refractivity contribution in [3.8, 4) is 11.5 Å². The second-order valence-electron chi connectivity index (χ2n) is 8.55. The second-order valence-corrected chi connectivity index (χ2v) is 8.55. The van der Waals surface area contributed by atoms with Gasteiger partial charge in [-0.3, -0.25) is 9.59 Å². The number of carbonyl (C=O) groups excluding carboxylic acids is 3. The van der Waals surface area contributed by atoms with Gasteiger partial charge in [0, 0.05) is 5.56 Å². The predicted molar refractivity (Wildman–Crippen MR) is 119 cm³/mol. The monoisotopic (exact) mass is 455 g/mol. The van der Waals surface area contributed by atoms with Crippen LogP contribution in [0.5, 0.6) is 11.5 Å². The van der Waals surface area contributed by atoms with Crippen LogP contribution in [0.4, 0.5) is 0 Å². The van der Waals surface area contributed by atoms with Crippen molar-refractivity contribution in [3.05, 3.63) is 59.2 Å². The summed E-state index contributed by atoms with van der Waals surface area (Å²) in [5.74, 6) is -1.61. The summed E-state index contributed by atoms with van der Waals surface area (Å²) >= 11 is 0. The van der Waals surface area contributed by atoms with Gasteiger partial charge in [-0.1, -0.05) is 12.1 Å². The molecule has 33 heavy (non-hydrogen) atoms. The minimum atomic E-state index is -1.38. The average molecular weight is 455 g/mol. The number of para-hydroxylation sites is 1. The summed E-state index contributed by atoms with van der Waals surface area (Å²) in [5, 5.41) is 13.2. The number of nitrogens with one attached hydrogen (secondary N) is 1. The second kappa shape index (κ2) is 9.95. The van der Waals surface area contributed by atoms with Crippen molar-refractivity contribution in [2.75, 3.05) is 13.9 Å². The van der Waals surface area contributed by atoms with E-state index in [1.165, 1.54) is 13.2 Å². The van der Waals surface area contributed by atoms with E-state index in [0.717, 1.165) is 0 Å². The quantitative estimate of drug-likeness (QED) is 0.386. The summed E-state index contributed by atoms with van der Waals surface area (Å²) in [5.41, 5.74) is 0.368. The number of hydrogen-bond donors (Lipinski definition) is 2. The van der Waals surface area contributed by atoms with Gasteiger partial charge in [0.2, 0.25) is 6.79 Å². The van der Waals surface area contributed by atoms with Gasteiger partial charge in [0.1, 0.15) is 17.1 Å². The summed E-state index contributed by atoms with van der Waals surface area (Å²) in [6, 6.07) is 11.4. The van der Waals surface area contributed by atoms with E-state index in [2.05, 4.69) is 5.32 Å². The number of rotatable bonds is 6.